The molecule has 17 heavy (non-hydrogen) atoms. The average molecular weight is 266 g/mol. The van der Waals surface area contributed by atoms with Gasteiger partial charge in [-0.1, -0.05) is 6.92 Å². The Balaban J connectivity index is 2.28. The van der Waals surface area contributed by atoms with Gasteiger partial charge < -0.3 is 5.73 Å². The van der Waals surface area contributed by atoms with Crippen LogP contribution < -0.4 is 5.73 Å². The molecule has 2 heterocycles. The molecule has 0 bridgehead atoms. The Morgan fingerprint density at radius 3 is 2.76 bits per heavy atom. The van der Waals surface area contributed by atoms with Gasteiger partial charge in [-0.25, -0.2) is 4.98 Å². The van der Waals surface area contributed by atoms with Gasteiger partial charge in [0.1, 0.15) is 5.01 Å². The van der Waals surface area contributed by atoms with E-state index in [0.717, 1.165) is 23.7 Å². The molecule has 0 aliphatic rings. The van der Waals surface area contributed by atoms with Crippen molar-refractivity contribution in [3.8, 4) is 9.88 Å². The van der Waals surface area contributed by atoms with Crippen molar-refractivity contribution in [2.24, 2.45) is 11.7 Å². The molecule has 1 atom stereocenters. The van der Waals surface area contributed by atoms with Crippen LogP contribution in [0.3, 0.4) is 0 Å². The van der Waals surface area contributed by atoms with Gasteiger partial charge in [-0.3, -0.25) is 0 Å². The minimum Gasteiger partial charge on any atom is -0.330 e. The first-order valence-corrected chi connectivity index (χ1v) is 7.52. The first kappa shape index (κ1) is 12.7. The topological polar surface area (TPSA) is 38.9 Å². The molecule has 92 valence electrons. The van der Waals surface area contributed by atoms with Crippen molar-refractivity contribution in [1.82, 2.24) is 4.98 Å². The lowest BCUT2D eigenvalue weighted by molar-refractivity contribution is 0.596. The summed E-state index contributed by atoms with van der Waals surface area (Å²) >= 11 is 3.59. The standard InChI is InChI=1S/C13H18N2S2/c1-8(7-14)6-11-10(3)15-13(17-11)12-9(2)4-5-16-12/h4-5,8H,6-7,14H2,1-3H3. The highest BCUT2D eigenvalue weighted by Crippen LogP contribution is 2.34. The molecule has 0 aliphatic heterocycles. The van der Waals surface area contributed by atoms with E-state index in [9.17, 15) is 0 Å². The molecule has 0 saturated carbocycles. The van der Waals surface area contributed by atoms with Crippen LogP contribution in [0.4, 0.5) is 0 Å². The minimum atomic E-state index is 0.534. The highest BCUT2D eigenvalue weighted by Gasteiger charge is 2.13. The lowest BCUT2D eigenvalue weighted by Crippen LogP contribution is -2.12. The van der Waals surface area contributed by atoms with E-state index in [1.165, 1.54) is 15.3 Å². The maximum absolute atomic E-state index is 5.68. The summed E-state index contributed by atoms with van der Waals surface area (Å²) in [6.07, 6.45) is 1.05. The Morgan fingerprint density at radius 1 is 1.41 bits per heavy atom. The summed E-state index contributed by atoms with van der Waals surface area (Å²) in [4.78, 5) is 7.38. The van der Waals surface area contributed by atoms with Gasteiger partial charge in [0.2, 0.25) is 0 Å². The van der Waals surface area contributed by atoms with Gasteiger partial charge in [0.05, 0.1) is 10.6 Å². The molecule has 4 heteroatoms. The van der Waals surface area contributed by atoms with Crippen molar-refractivity contribution in [2.45, 2.75) is 27.2 Å². The number of hydrogen-bond acceptors (Lipinski definition) is 4. The fourth-order valence-electron chi connectivity index (χ4n) is 1.71. The first-order chi connectivity index (χ1) is 8.11. The third-order valence-electron chi connectivity index (χ3n) is 2.89. The molecule has 2 nitrogen and oxygen atoms in total. The molecule has 0 amide bonds. The van der Waals surface area contributed by atoms with Gasteiger partial charge in [-0.05, 0) is 49.7 Å². The van der Waals surface area contributed by atoms with Crippen LogP contribution in [0.2, 0.25) is 0 Å². The van der Waals surface area contributed by atoms with Gasteiger partial charge in [0, 0.05) is 4.88 Å². The molecule has 1 unspecified atom stereocenters. The van der Waals surface area contributed by atoms with Crippen LogP contribution in [0.1, 0.15) is 23.1 Å². The lowest BCUT2D eigenvalue weighted by Gasteiger charge is -2.05. The second-order valence-corrected chi connectivity index (χ2v) is 6.51. The number of hydrogen-bond donors (Lipinski definition) is 1. The predicted molar refractivity (Wildman–Crippen MR) is 76.8 cm³/mol. The quantitative estimate of drug-likeness (QED) is 0.918. The minimum absolute atomic E-state index is 0.534. The molecule has 0 aliphatic carbocycles. The normalized spacial score (nSPS) is 12.9. The number of aromatic nitrogens is 1. The predicted octanol–water partition coefficient (Wildman–Crippen LogP) is 3.63. The molecule has 0 spiro atoms. The smallest absolute Gasteiger partial charge is 0.134 e. The Kier molecular flexibility index (Phi) is 3.97. The summed E-state index contributed by atoms with van der Waals surface area (Å²) in [6, 6.07) is 2.15. The third-order valence-corrected chi connectivity index (χ3v) is 5.23. The van der Waals surface area contributed by atoms with E-state index in [1.807, 2.05) is 11.3 Å². The maximum atomic E-state index is 5.68. The highest BCUT2D eigenvalue weighted by molar-refractivity contribution is 7.21. The maximum Gasteiger partial charge on any atom is 0.134 e. The van der Waals surface area contributed by atoms with Crippen LogP contribution in [0.5, 0.6) is 0 Å². The van der Waals surface area contributed by atoms with Gasteiger partial charge in [0.25, 0.3) is 0 Å². The lowest BCUT2D eigenvalue weighted by atomic mass is 10.1. The van der Waals surface area contributed by atoms with Gasteiger partial charge >= 0.3 is 0 Å². The zero-order valence-electron chi connectivity index (χ0n) is 10.5. The van der Waals surface area contributed by atoms with Crippen LogP contribution in [0, 0.1) is 19.8 Å². The summed E-state index contributed by atoms with van der Waals surface area (Å²) in [6.45, 7) is 7.17. The summed E-state index contributed by atoms with van der Waals surface area (Å²) in [7, 11) is 0. The van der Waals surface area contributed by atoms with E-state index in [4.69, 9.17) is 5.73 Å². The van der Waals surface area contributed by atoms with E-state index in [1.54, 1.807) is 11.3 Å². The SMILES string of the molecule is Cc1ccsc1-c1nc(C)c(CC(C)CN)s1. The van der Waals surface area contributed by atoms with E-state index in [2.05, 4.69) is 37.2 Å². The Morgan fingerprint density at radius 2 is 2.18 bits per heavy atom. The Hall–Kier alpha value is -0.710. The Bertz CT molecular complexity index is 499. The fourth-order valence-corrected chi connectivity index (χ4v) is 4.02. The summed E-state index contributed by atoms with van der Waals surface area (Å²) < 4.78 is 0. The van der Waals surface area contributed by atoms with Crippen molar-refractivity contribution in [2.75, 3.05) is 6.54 Å². The monoisotopic (exact) mass is 266 g/mol. The summed E-state index contributed by atoms with van der Waals surface area (Å²) in [5, 5.41) is 3.29. The molecular weight excluding hydrogens is 248 g/mol. The molecule has 2 aromatic rings. The number of aryl methyl sites for hydroxylation is 2. The van der Waals surface area contributed by atoms with E-state index in [0.29, 0.717) is 5.92 Å². The zero-order valence-corrected chi connectivity index (χ0v) is 12.1. The number of thiophene rings is 1. The summed E-state index contributed by atoms with van der Waals surface area (Å²) in [5.74, 6) is 0.534. The second-order valence-electron chi connectivity index (χ2n) is 4.51. The average Bonchev–Trinajstić information content (AvgIpc) is 2.86. The molecule has 2 rings (SSSR count). The van der Waals surface area contributed by atoms with E-state index in [-0.39, 0.29) is 0 Å². The van der Waals surface area contributed by atoms with Crippen LogP contribution in [-0.4, -0.2) is 11.5 Å². The number of rotatable bonds is 4. The van der Waals surface area contributed by atoms with Crippen molar-refractivity contribution >= 4 is 22.7 Å². The van der Waals surface area contributed by atoms with Gasteiger partial charge in [0.15, 0.2) is 0 Å². The zero-order chi connectivity index (χ0) is 12.4. The van der Waals surface area contributed by atoms with Gasteiger partial charge in [-0.15, -0.1) is 22.7 Å². The van der Waals surface area contributed by atoms with Crippen molar-refractivity contribution < 1.29 is 0 Å². The van der Waals surface area contributed by atoms with Crippen LogP contribution >= 0.6 is 22.7 Å². The molecular formula is C13H18N2S2. The summed E-state index contributed by atoms with van der Waals surface area (Å²) in [5.41, 5.74) is 8.17. The molecule has 2 aromatic heterocycles. The second kappa shape index (κ2) is 5.29. The number of thiazole rings is 1. The molecule has 0 fully saturated rings. The van der Waals surface area contributed by atoms with E-state index >= 15 is 0 Å². The molecule has 0 saturated heterocycles. The number of nitrogens with two attached hydrogens (primary N) is 1. The molecule has 2 N–H and O–H groups in total. The van der Waals surface area contributed by atoms with Crippen molar-refractivity contribution in [3.05, 3.63) is 27.6 Å². The van der Waals surface area contributed by atoms with Crippen LogP contribution in [-0.2, 0) is 6.42 Å². The van der Waals surface area contributed by atoms with Crippen molar-refractivity contribution in [3.63, 3.8) is 0 Å². The molecule has 0 aromatic carbocycles. The molecule has 0 radical (unpaired) electrons. The fraction of sp³-hybridized carbons (Fsp3) is 0.462. The van der Waals surface area contributed by atoms with Crippen LogP contribution in [0.15, 0.2) is 11.4 Å². The van der Waals surface area contributed by atoms with Gasteiger partial charge in [-0.2, -0.15) is 0 Å². The number of nitrogens with zero attached hydrogens (tertiary/aromatic N) is 1. The largest absolute Gasteiger partial charge is 0.330 e. The Labute approximate surface area is 111 Å². The highest BCUT2D eigenvalue weighted by atomic mass is 32.1. The van der Waals surface area contributed by atoms with Crippen LogP contribution in [0.25, 0.3) is 9.88 Å². The first-order valence-electron chi connectivity index (χ1n) is 5.82. The third kappa shape index (κ3) is 2.76. The van der Waals surface area contributed by atoms with Crippen molar-refractivity contribution in [1.29, 1.82) is 0 Å². The van der Waals surface area contributed by atoms with E-state index < -0.39 is 0 Å².